The largest absolute Gasteiger partial charge is 0.508 e. The fourth-order valence-corrected chi connectivity index (χ4v) is 3.53. The van der Waals surface area contributed by atoms with E-state index in [0.717, 1.165) is 5.56 Å². The Morgan fingerprint density at radius 1 is 1.12 bits per heavy atom. The Labute approximate surface area is 151 Å². The second-order valence-corrected chi connectivity index (χ2v) is 6.85. The van der Waals surface area contributed by atoms with Crippen molar-refractivity contribution in [1.82, 2.24) is 4.90 Å². The van der Waals surface area contributed by atoms with E-state index in [0.29, 0.717) is 36.5 Å². The summed E-state index contributed by atoms with van der Waals surface area (Å²) in [7, 11) is 0. The molecule has 1 saturated heterocycles. The average molecular weight is 362 g/mol. The predicted octanol–water partition coefficient (Wildman–Crippen LogP) is 3.15. The first kappa shape index (κ1) is 17.7. The number of likely N-dealkylation sites (tertiary alicyclic amines) is 1. The minimum atomic E-state index is -0.983. The van der Waals surface area contributed by atoms with Crippen molar-refractivity contribution in [2.75, 3.05) is 13.1 Å². The second kappa shape index (κ2) is 7.04. The maximum absolute atomic E-state index is 11.8. The molecular formula is C19H20ClNO4. The number of aromatic hydroxyl groups is 1. The lowest BCUT2D eigenvalue weighted by atomic mass is 9.83. The molecule has 132 valence electrons. The Morgan fingerprint density at radius 3 is 2.32 bits per heavy atom. The molecule has 2 aromatic rings. The molecule has 25 heavy (non-hydrogen) atoms. The lowest BCUT2D eigenvalue weighted by Gasteiger charge is -2.40. The first-order chi connectivity index (χ1) is 11.9. The molecule has 1 aliphatic heterocycles. The van der Waals surface area contributed by atoms with Crippen LogP contribution in [0.1, 0.15) is 30.0 Å². The first-order valence-electron chi connectivity index (χ1n) is 8.13. The molecule has 1 fully saturated rings. The number of aliphatic hydroxyl groups is 1. The number of phenolic OH excluding ortho intramolecular Hbond substituents is 1. The van der Waals surface area contributed by atoms with Gasteiger partial charge >= 0.3 is 5.97 Å². The van der Waals surface area contributed by atoms with Crippen molar-refractivity contribution in [1.29, 1.82) is 0 Å². The lowest BCUT2D eigenvalue weighted by molar-refractivity contribution is -0.145. The van der Waals surface area contributed by atoms with Crippen LogP contribution in [0.2, 0.25) is 5.02 Å². The van der Waals surface area contributed by atoms with Crippen LogP contribution in [-0.2, 0) is 10.4 Å². The summed E-state index contributed by atoms with van der Waals surface area (Å²) in [5.41, 5.74) is 0.341. The molecule has 1 heterocycles. The number of phenols is 1. The number of carboxylic acids is 1. The second-order valence-electron chi connectivity index (χ2n) is 6.41. The zero-order chi connectivity index (χ0) is 18.0. The quantitative estimate of drug-likeness (QED) is 0.779. The third-order valence-corrected chi connectivity index (χ3v) is 5.04. The summed E-state index contributed by atoms with van der Waals surface area (Å²) >= 11 is 5.90. The highest BCUT2D eigenvalue weighted by atomic mass is 35.5. The van der Waals surface area contributed by atoms with Gasteiger partial charge in [-0.05, 0) is 48.2 Å². The standard InChI is InChI=1S/C19H20ClNO4/c20-15-6-4-14(5-7-15)19(25)8-10-21(11-9-19)17(18(23)24)13-2-1-3-16(22)12-13/h1-7,12,17,22,25H,8-11H2,(H,23,24)/t17-/m1/s1. The van der Waals surface area contributed by atoms with Crippen molar-refractivity contribution in [2.45, 2.75) is 24.5 Å². The Bertz CT molecular complexity index is 754. The summed E-state index contributed by atoms with van der Waals surface area (Å²) in [4.78, 5) is 13.6. The summed E-state index contributed by atoms with van der Waals surface area (Å²) in [6, 6.07) is 12.6. The predicted molar refractivity (Wildman–Crippen MR) is 94.6 cm³/mol. The van der Waals surface area contributed by atoms with E-state index in [2.05, 4.69) is 0 Å². The van der Waals surface area contributed by atoms with Gasteiger partial charge in [-0.15, -0.1) is 0 Å². The zero-order valence-electron chi connectivity index (χ0n) is 13.6. The van der Waals surface area contributed by atoms with Gasteiger partial charge in [0.1, 0.15) is 11.8 Å². The van der Waals surface area contributed by atoms with Gasteiger partial charge in [0.05, 0.1) is 5.60 Å². The molecule has 0 aliphatic carbocycles. The third kappa shape index (κ3) is 3.79. The van der Waals surface area contributed by atoms with Crippen LogP contribution in [0.15, 0.2) is 48.5 Å². The molecule has 5 nitrogen and oxygen atoms in total. The Balaban J connectivity index is 1.77. The van der Waals surface area contributed by atoms with E-state index in [1.807, 2.05) is 17.0 Å². The average Bonchev–Trinajstić information content (AvgIpc) is 2.57. The fourth-order valence-electron chi connectivity index (χ4n) is 3.41. The molecule has 0 amide bonds. The molecule has 1 atom stereocenters. The summed E-state index contributed by atoms with van der Waals surface area (Å²) in [6.07, 6.45) is 0.856. The topological polar surface area (TPSA) is 81.0 Å². The summed E-state index contributed by atoms with van der Waals surface area (Å²) in [5.74, 6) is -0.930. The van der Waals surface area contributed by atoms with Gasteiger partial charge in [0.25, 0.3) is 0 Å². The van der Waals surface area contributed by atoms with Crippen LogP contribution >= 0.6 is 11.6 Å². The molecule has 0 saturated carbocycles. The van der Waals surface area contributed by atoms with Gasteiger partial charge in [0, 0.05) is 18.1 Å². The van der Waals surface area contributed by atoms with Crippen LogP contribution in [0.4, 0.5) is 0 Å². The van der Waals surface area contributed by atoms with Crippen molar-refractivity contribution in [3.8, 4) is 5.75 Å². The van der Waals surface area contributed by atoms with Crippen LogP contribution in [0.3, 0.4) is 0 Å². The van der Waals surface area contributed by atoms with Crippen LogP contribution in [0, 0.1) is 0 Å². The monoisotopic (exact) mass is 361 g/mol. The number of rotatable bonds is 4. The highest BCUT2D eigenvalue weighted by Gasteiger charge is 2.38. The van der Waals surface area contributed by atoms with E-state index in [1.165, 1.54) is 12.1 Å². The summed E-state index contributed by atoms with van der Waals surface area (Å²) in [5, 5.41) is 30.8. The van der Waals surface area contributed by atoms with Crippen molar-refractivity contribution in [2.24, 2.45) is 0 Å². The van der Waals surface area contributed by atoms with Crippen molar-refractivity contribution >= 4 is 17.6 Å². The minimum Gasteiger partial charge on any atom is -0.508 e. The number of hydrogen-bond donors (Lipinski definition) is 3. The van der Waals surface area contributed by atoms with Gasteiger partial charge in [0.2, 0.25) is 0 Å². The van der Waals surface area contributed by atoms with E-state index in [4.69, 9.17) is 11.6 Å². The number of halogens is 1. The molecule has 0 radical (unpaired) electrons. The number of piperidine rings is 1. The van der Waals surface area contributed by atoms with E-state index < -0.39 is 17.6 Å². The van der Waals surface area contributed by atoms with E-state index in [9.17, 15) is 20.1 Å². The lowest BCUT2D eigenvalue weighted by Crippen LogP contribution is -2.45. The SMILES string of the molecule is O=C(O)[C@@H](c1cccc(O)c1)N1CCC(O)(c2ccc(Cl)cc2)CC1. The maximum atomic E-state index is 11.8. The molecule has 0 aromatic heterocycles. The Hall–Kier alpha value is -2.08. The highest BCUT2D eigenvalue weighted by Crippen LogP contribution is 2.36. The minimum absolute atomic E-state index is 0.0402. The van der Waals surface area contributed by atoms with Crippen LogP contribution < -0.4 is 0 Å². The van der Waals surface area contributed by atoms with Gasteiger partial charge < -0.3 is 15.3 Å². The van der Waals surface area contributed by atoms with E-state index >= 15 is 0 Å². The highest BCUT2D eigenvalue weighted by molar-refractivity contribution is 6.30. The molecule has 0 bridgehead atoms. The van der Waals surface area contributed by atoms with E-state index in [1.54, 1.807) is 24.3 Å². The normalized spacial score (nSPS) is 18.6. The van der Waals surface area contributed by atoms with Gasteiger partial charge in [-0.25, -0.2) is 0 Å². The molecule has 2 aromatic carbocycles. The molecule has 6 heteroatoms. The number of carboxylic acid groups (broad SMARTS) is 1. The smallest absolute Gasteiger partial charge is 0.325 e. The molecular weight excluding hydrogens is 342 g/mol. The van der Waals surface area contributed by atoms with Crippen LogP contribution in [-0.4, -0.2) is 39.3 Å². The van der Waals surface area contributed by atoms with Crippen molar-refractivity contribution in [3.05, 3.63) is 64.7 Å². The third-order valence-electron chi connectivity index (χ3n) is 4.79. The number of nitrogens with zero attached hydrogens (tertiary/aromatic N) is 1. The number of carbonyl (C=O) groups is 1. The molecule has 3 rings (SSSR count). The first-order valence-corrected chi connectivity index (χ1v) is 8.51. The fraction of sp³-hybridized carbons (Fsp3) is 0.316. The Morgan fingerprint density at radius 2 is 1.76 bits per heavy atom. The van der Waals surface area contributed by atoms with Gasteiger partial charge in [0.15, 0.2) is 0 Å². The van der Waals surface area contributed by atoms with Gasteiger partial charge in [-0.1, -0.05) is 35.9 Å². The maximum Gasteiger partial charge on any atom is 0.325 e. The summed E-state index contributed by atoms with van der Waals surface area (Å²) < 4.78 is 0. The van der Waals surface area contributed by atoms with Crippen molar-refractivity contribution in [3.63, 3.8) is 0 Å². The van der Waals surface area contributed by atoms with E-state index in [-0.39, 0.29) is 5.75 Å². The Kier molecular flexibility index (Phi) is 4.99. The zero-order valence-corrected chi connectivity index (χ0v) is 14.4. The number of hydrogen-bond acceptors (Lipinski definition) is 4. The van der Waals surface area contributed by atoms with Crippen LogP contribution in [0.25, 0.3) is 0 Å². The molecule has 0 spiro atoms. The molecule has 1 aliphatic rings. The summed E-state index contributed by atoms with van der Waals surface area (Å²) in [6.45, 7) is 0.873. The number of aliphatic carboxylic acids is 1. The van der Waals surface area contributed by atoms with Crippen LogP contribution in [0.5, 0.6) is 5.75 Å². The van der Waals surface area contributed by atoms with Crippen molar-refractivity contribution < 1.29 is 20.1 Å². The van der Waals surface area contributed by atoms with Gasteiger partial charge in [-0.3, -0.25) is 9.69 Å². The molecule has 3 N–H and O–H groups in total. The molecule has 0 unspecified atom stereocenters. The number of benzene rings is 2. The van der Waals surface area contributed by atoms with Gasteiger partial charge in [-0.2, -0.15) is 0 Å².